The smallest absolute Gasteiger partial charge is 0.241 e. The van der Waals surface area contributed by atoms with Crippen LogP contribution in [0.2, 0.25) is 0 Å². The van der Waals surface area contributed by atoms with E-state index in [0.29, 0.717) is 11.6 Å². The second-order valence-electron chi connectivity index (χ2n) is 7.31. The number of nitrogens with zero attached hydrogens (tertiary/aromatic N) is 1. The third kappa shape index (κ3) is 3.46. The van der Waals surface area contributed by atoms with Crippen molar-refractivity contribution in [2.75, 3.05) is 11.6 Å². The summed E-state index contributed by atoms with van der Waals surface area (Å²) in [6.07, 6.45) is 9.29. The zero-order chi connectivity index (χ0) is 19.1. The van der Waals surface area contributed by atoms with Crippen molar-refractivity contribution in [1.82, 2.24) is 4.98 Å². The zero-order valence-corrected chi connectivity index (χ0v) is 16.8. The van der Waals surface area contributed by atoms with Gasteiger partial charge >= 0.3 is 0 Å². The molecule has 7 heteroatoms. The molecule has 4 rings (SSSR count). The molecule has 2 saturated carbocycles. The topological polar surface area (TPSA) is 76.1 Å². The van der Waals surface area contributed by atoms with Gasteiger partial charge in [0.05, 0.1) is 10.3 Å². The Morgan fingerprint density at radius 1 is 1.15 bits per heavy atom. The third-order valence-corrected chi connectivity index (χ3v) is 7.35. The molecule has 2 fully saturated rings. The van der Waals surface area contributed by atoms with Gasteiger partial charge in [0, 0.05) is 17.8 Å². The van der Waals surface area contributed by atoms with Crippen LogP contribution in [0.5, 0.6) is 0 Å². The number of allylic oxidation sites excluding steroid dienone is 1. The van der Waals surface area contributed by atoms with Crippen LogP contribution in [0.1, 0.15) is 44.1 Å². The summed E-state index contributed by atoms with van der Waals surface area (Å²) in [5, 5.41) is 5.37. The van der Waals surface area contributed by atoms with E-state index < -0.39 is 15.3 Å². The summed E-state index contributed by atoms with van der Waals surface area (Å²) in [7, 11) is -3.26. The van der Waals surface area contributed by atoms with Gasteiger partial charge in [-0.1, -0.05) is 24.1 Å². The first kappa shape index (κ1) is 18.4. The zero-order valence-electron chi connectivity index (χ0n) is 15.2. The highest BCUT2D eigenvalue weighted by molar-refractivity contribution is 7.90. The Kier molecular flexibility index (Phi) is 4.68. The quantitative estimate of drug-likeness (QED) is 0.782. The van der Waals surface area contributed by atoms with Crippen molar-refractivity contribution in [3.63, 3.8) is 0 Å². The molecule has 1 heterocycles. The molecule has 0 aliphatic heterocycles. The van der Waals surface area contributed by atoms with Crippen LogP contribution in [-0.4, -0.2) is 25.6 Å². The number of sulfone groups is 1. The Hall–Kier alpha value is -1.99. The molecule has 1 amide bonds. The van der Waals surface area contributed by atoms with E-state index in [2.05, 4.69) is 10.3 Å². The minimum Gasteiger partial charge on any atom is -0.301 e. The Morgan fingerprint density at radius 2 is 1.85 bits per heavy atom. The number of carbonyl (C=O) groups excluding carboxylic acids is 1. The normalized spacial score (nSPS) is 22.6. The highest BCUT2D eigenvalue weighted by Crippen LogP contribution is 2.58. The summed E-state index contributed by atoms with van der Waals surface area (Å²) in [6, 6.07) is 6.78. The molecule has 2 aliphatic carbocycles. The Labute approximate surface area is 163 Å². The number of anilines is 1. The van der Waals surface area contributed by atoms with Crippen molar-refractivity contribution in [2.24, 2.45) is 0 Å². The minimum absolute atomic E-state index is 0.0716. The van der Waals surface area contributed by atoms with Crippen molar-refractivity contribution < 1.29 is 13.2 Å². The third-order valence-electron chi connectivity index (χ3n) is 5.53. The van der Waals surface area contributed by atoms with Gasteiger partial charge in [-0.25, -0.2) is 13.4 Å². The van der Waals surface area contributed by atoms with Gasteiger partial charge < -0.3 is 5.32 Å². The minimum atomic E-state index is -3.26. The maximum absolute atomic E-state index is 13.2. The second-order valence-corrected chi connectivity index (χ2v) is 10.2. The molecule has 1 aromatic carbocycles. The van der Waals surface area contributed by atoms with Crippen LogP contribution in [0.4, 0.5) is 5.13 Å². The molecule has 0 saturated heterocycles. The number of benzene rings is 1. The molecule has 0 unspecified atom stereocenters. The Balaban J connectivity index is 1.72. The fourth-order valence-corrected chi connectivity index (χ4v) is 5.18. The summed E-state index contributed by atoms with van der Waals surface area (Å²) in [6.45, 7) is 0. The predicted molar refractivity (Wildman–Crippen MR) is 107 cm³/mol. The fourth-order valence-electron chi connectivity index (χ4n) is 4.03. The van der Waals surface area contributed by atoms with Crippen LogP contribution in [-0.2, 0) is 20.0 Å². The molecule has 1 N–H and O–H groups in total. The number of thiazole rings is 1. The number of aromatic nitrogens is 1. The molecule has 0 radical (unpaired) electrons. The molecule has 1 aromatic heterocycles. The number of amides is 1. The van der Waals surface area contributed by atoms with Crippen LogP contribution < -0.4 is 5.32 Å². The largest absolute Gasteiger partial charge is 0.301 e. The average Bonchev–Trinajstić information content (AvgIpc) is 3.23. The molecule has 27 heavy (non-hydrogen) atoms. The predicted octanol–water partition coefficient (Wildman–Crippen LogP) is 4.09. The van der Waals surface area contributed by atoms with Crippen LogP contribution in [0.25, 0.3) is 0 Å². The first-order chi connectivity index (χ1) is 12.9. The van der Waals surface area contributed by atoms with Gasteiger partial charge in [0.2, 0.25) is 5.91 Å². The van der Waals surface area contributed by atoms with Crippen molar-refractivity contribution >= 4 is 32.2 Å². The monoisotopic (exact) mass is 402 g/mol. The summed E-state index contributed by atoms with van der Waals surface area (Å²) in [5.41, 5.74) is 2.79. The van der Waals surface area contributed by atoms with E-state index in [9.17, 15) is 13.2 Å². The molecule has 0 spiro atoms. The molecule has 0 bridgehead atoms. The molecule has 5 nitrogen and oxygen atoms in total. The van der Waals surface area contributed by atoms with E-state index in [4.69, 9.17) is 0 Å². The first-order valence-electron chi connectivity index (χ1n) is 9.14. The van der Waals surface area contributed by atoms with Crippen LogP contribution in [0.3, 0.4) is 0 Å². The highest BCUT2D eigenvalue weighted by Gasteiger charge is 2.57. The van der Waals surface area contributed by atoms with Gasteiger partial charge in [0.1, 0.15) is 0 Å². The van der Waals surface area contributed by atoms with Gasteiger partial charge in [-0.15, -0.1) is 11.3 Å². The number of nitrogens with one attached hydrogen (secondary N) is 1. The lowest BCUT2D eigenvalue weighted by Gasteiger charge is -2.18. The van der Waals surface area contributed by atoms with Crippen molar-refractivity contribution in [3.05, 3.63) is 52.6 Å². The number of carbonyl (C=O) groups is 1. The number of hydrogen-bond donors (Lipinski definition) is 1. The van der Waals surface area contributed by atoms with Gasteiger partial charge in [-0.05, 0) is 55.4 Å². The second kappa shape index (κ2) is 6.87. The van der Waals surface area contributed by atoms with Crippen LogP contribution in [0.15, 0.2) is 51.9 Å². The van der Waals surface area contributed by atoms with E-state index in [1.807, 2.05) is 5.38 Å². The number of hydrogen-bond acceptors (Lipinski definition) is 5. The lowest BCUT2D eigenvalue weighted by atomic mass is 9.88. The van der Waals surface area contributed by atoms with E-state index in [1.165, 1.54) is 48.0 Å². The Morgan fingerprint density at radius 3 is 2.44 bits per heavy atom. The van der Waals surface area contributed by atoms with Gasteiger partial charge in [-0.3, -0.25) is 4.79 Å². The molecule has 2 aliphatic rings. The summed E-state index contributed by atoms with van der Waals surface area (Å²) < 4.78 is 23.5. The Bertz CT molecular complexity index is 984. The van der Waals surface area contributed by atoms with E-state index in [-0.39, 0.29) is 10.8 Å². The molecule has 2 aromatic rings. The standard InChI is InChI=1S/C20H22N2O3S2/c1-27(24,25)16-9-7-15(8-10-16)20(18(23)22-19-21-11-12-26-19)13-17(20)14-5-3-2-4-6-14/h7-12H,2-6,13H2,1H3,(H,21,22,23)/t20-/m0/s1. The van der Waals surface area contributed by atoms with E-state index in [0.717, 1.165) is 18.4 Å². The van der Waals surface area contributed by atoms with Crippen molar-refractivity contribution in [1.29, 1.82) is 0 Å². The van der Waals surface area contributed by atoms with Gasteiger partial charge in [0.25, 0.3) is 0 Å². The SMILES string of the molecule is CS(=O)(=O)c1ccc([C@@]2(C(=O)Nc3nccs3)CC2=C2CCCCC2)cc1. The van der Waals surface area contributed by atoms with Crippen LogP contribution >= 0.6 is 11.3 Å². The van der Waals surface area contributed by atoms with Gasteiger partial charge in [-0.2, -0.15) is 0 Å². The summed E-state index contributed by atoms with van der Waals surface area (Å²) in [4.78, 5) is 17.7. The maximum Gasteiger partial charge on any atom is 0.241 e. The lowest BCUT2D eigenvalue weighted by molar-refractivity contribution is -0.118. The molecule has 142 valence electrons. The highest BCUT2D eigenvalue weighted by atomic mass is 32.2. The first-order valence-corrected chi connectivity index (χ1v) is 11.9. The summed E-state index contributed by atoms with van der Waals surface area (Å²) in [5.74, 6) is -0.0716. The van der Waals surface area contributed by atoms with E-state index in [1.54, 1.807) is 30.5 Å². The van der Waals surface area contributed by atoms with Gasteiger partial charge in [0.15, 0.2) is 15.0 Å². The maximum atomic E-state index is 13.2. The fraction of sp³-hybridized carbons (Fsp3) is 0.400. The van der Waals surface area contributed by atoms with E-state index >= 15 is 0 Å². The molecular weight excluding hydrogens is 380 g/mol. The average molecular weight is 403 g/mol. The molecule has 1 atom stereocenters. The van der Waals surface area contributed by atoms with Crippen LogP contribution in [0, 0.1) is 0 Å². The summed E-state index contributed by atoms with van der Waals surface area (Å²) >= 11 is 1.39. The lowest BCUT2D eigenvalue weighted by Crippen LogP contribution is -2.28. The number of rotatable bonds is 4. The van der Waals surface area contributed by atoms with Crippen molar-refractivity contribution in [2.45, 2.75) is 48.8 Å². The molecular formula is C20H22N2O3S2. The van der Waals surface area contributed by atoms with Crippen molar-refractivity contribution in [3.8, 4) is 0 Å².